The Balaban J connectivity index is 2.46. The molecule has 1 aliphatic carbocycles. The monoisotopic (exact) mass is 286 g/mol. The van der Waals surface area contributed by atoms with Crippen LogP contribution in [0.3, 0.4) is 0 Å². The van der Waals surface area contributed by atoms with E-state index in [4.69, 9.17) is 0 Å². The summed E-state index contributed by atoms with van der Waals surface area (Å²) >= 11 is 0. The van der Waals surface area contributed by atoms with Gasteiger partial charge in [-0.3, -0.25) is 20.2 Å². The van der Waals surface area contributed by atoms with Crippen molar-refractivity contribution in [3.8, 4) is 22.6 Å². The van der Waals surface area contributed by atoms with Gasteiger partial charge in [0.1, 0.15) is 0 Å². The molecule has 1 aliphatic rings. The van der Waals surface area contributed by atoms with Gasteiger partial charge in [0.15, 0.2) is 5.75 Å². The first-order valence-corrected chi connectivity index (χ1v) is 5.70. The largest absolute Gasteiger partial charge is 0.504 e. The summed E-state index contributed by atoms with van der Waals surface area (Å²) in [5, 5.41) is 41.9. The number of aromatic hydroxyl groups is 2. The van der Waals surface area contributed by atoms with E-state index < -0.39 is 32.7 Å². The molecule has 2 radical (unpaired) electrons. The number of nitro benzene ring substituents is 2. The van der Waals surface area contributed by atoms with Crippen molar-refractivity contribution in [1.82, 2.24) is 0 Å². The predicted octanol–water partition coefficient (Wildman–Crippen LogP) is 2.37. The van der Waals surface area contributed by atoms with Crippen molar-refractivity contribution in [2.24, 2.45) is 0 Å². The minimum Gasteiger partial charge on any atom is -0.504 e. The van der Waals surface area contributed by atoms with E-state index in [-0.39, 0.29) is 11.1 Å². The predicted molar refractivity (Wildman–Crippen MR) is 70.0 cm³/mol. The minimum atomic E-state index is -1.14. The van der Waals surface area contributed by atoms with Crippen LogP contribution in [0.25, 0.3) is 11.1 Å². The number of hydrogen-bond donors (Lipinski definition) is 2. The molecule has 0 unspecified atom stereocenters. The lowest BCUT2D eigenvalue weighted by Crippen LogP contribution is -2.01. The molecule has 0 saturated heterocycles. The summed E-state index contributed by atoms with van der Waals surface area (Å²) in [6.45, 7) is 0. The topological polar surface area (TPSA) is 127 Å². The van der Waals surface area contributed by atoms with Gasteiger partial charge in [0.2, 0.25) is 5.75 Å². The molecule has 2 N–H and O–H groups in total. The van der Waals surface area contributed by atoms with Gasteiger partial charge in [-0.25, -0.2) is 0 Å². The quantitative estimate of drug-likeness (QED) is 0.423. The third kappa shape index (κ3) is 1.62. The zero-order valence-electron chi connectivity index (χ0n) is 10.2. The average Bonchev–Trinajstić information content (AvgIpc) is 2.80. The summed E-state index contributed by atoms with van der Waals surface area (Å²) in [6, 6.07) is 6.47. The first-order valence-electron chi connectivity index (χ1n) is 5.70. The Kier molecular flexibility index (Phi) is 2.55. The van der Waals surface area contributed by atoms with Crippen molar-refractivity contribution in [3.63, 3.8) is 0 Å². The summed E-state index contributed by atoms with van der Waals surface area (Å²) in [4.78, 5) is 20.1. The van der Waals surface area contributed by atoms with Crippen LogP contribution in [-0.4, -0.2) is 20.1 Å². The van der Waals surface area contributed by atoms with Gasteiger partial charge in [-0.2, -0.15) is 0 Å². The number of phenolic OH excluding ortho intramolecular Hbond substituents is 2. The Morgan fingerprint density at radius 3 is 2.19 bits per heavy atom. The number of rotatable bonds is 2. The molecule has 0 fully saturated rings. The van der Waals surface area contributed by atoms with Gasteiger partial charge in [-0.15, -0.1) is 0 Å². The third-order valence-electron chi connectivity index (χ3n) is 3.22. The van der Waals surface area contributed by atoms with Crippen LogP contribution in [0, 0.1) is 26.6 Å². The van der Waals surface area contributed by atoms with Crippen LogP contribution in [0.1, 0.15) is 11.1 Å². The Bertz CT molecular complexity index is 815. The van der Waals surface area contributed by atoms with Crippen molar-refractivity contribution in [2.45, 2.75) is 0 Å². The zero-order chi connectivity index (χ0) is 15.3. The lowest BCUT2D eigenvalue weighted by Gasteiger charge is -2.07. The van der Waals surface area contributed by atoms with Crippen molar-refractivity contribution in [1.29, 1.82) is 0 Å². The number of benzene rings is 2. The smallest absolute Gasteiger partial charge is 0.391 e. The normalized spacial score (nSPS) is 11.8. The fourth-order valence-electron chi connectivity index (χ4n) is 2.38. The van der Waals surface area contributed by atoms with E-state index in [0.29, 0.717) is 11.1 Å². The second-order valence-electron chi connectivity index (χ2n) is 4.33. The van der Waals surface area contributed by atoms with Crippen molar-refractivity contribution < 1.29 is 20.1 Å². The van der Waals surface area contributed by atoms with Gasteiger partial charge in [0, 0.05) is 5.56 Å². The standard InChI is InChI=1S/C13H6N2O6/c16-12-9-7-4-2-1-3-6(7)5-8(9)10(14(18)19)11(13(12)17)15(20)21/h1-4,16-17H. The number of fused-ring (bicyclic) bond motifs is 3. The fourth-order valence-corrected chi connectivity index (χ4v) is 2.38. The summed E-state index contributed by atoms with van der Waals surface area (Å²) in [5.74, 6) is -1.89. The molecule has 8 nitrogen and oxygen atoms in total. The molecule has 0 atom stereocenters. The Morgan fingerprint density at radius 2 is 1.57 bits per heavy atom. The summed E-state index contributed by atoms with van der Waals surface area (Å²) < 4.78 is 0. The van der Waals surface area contributed by atoms with Crippen LogP contribution < -0.4 is 0 Å². The second kappa shape index (κ2) is 4.17. The Labute approximate surface area is 117 Å². The van der Waals surface area contributed by atoms with E-state index in [0.717, 1.165) is 0 Å². The zero-order valence-corrected chi connectivity index (χ0v) is 10.2. The first kappa shape index (κ1) is 12.9. The maximum atomic E-state index is 11.2. The Hall–Kier alpha value is -3.16. The van der Waals surface area contributed by atoms with Gasteiger partial charge in [-0.1, -0.05) is 24.3 Å². The maximum absolute atomic E-state index is 11.2. The van der Waals surface area contributed by atoms with Crippen LogP contribution in [0.4, 0.5) is 11.4 Å². The van der Waals surface area contributed by atoms with Crippen LogP contribution in [-0.2, 0) is 0 Å². The molecular formula is C13H6N2O6. The van der Waals surface area contributed by atoms with Crippen LogP contribution in [0.15, 0.2) is 24.3 Å². The highest BCUT2D eigenvalue weighted by Crippen LogP contribution is 2.55. The molecule has 104 valence electrons. The number of nitro groups is 2. The first-order chi connectivity index (χ1) is 9.93. The highest BCUT2D eigenvalue weighted by molar-refractivity contribution is 5.94. The summed E-state index contributed by atoms with van der Waals surface area (Å²) in [5.41, 5.74) is -1.40. The highest BCUT2D eigenvalue weighted by atomic mass is 16.6. The molecule has 21 heavy (non-hydrogen) atoms. The average molecular weight is 286 g/mol. The molecule has 2 aromatic rings. The third-order valence-corrected chi connectivity index (χ3v) is 3.22. The van der Waals surface area contributed by atoms with Crippen molar-refractivity contribution in [3.05, 3.63) is 62.0 Å². The van der Waals surface area contributed by atoms with Gasteiger partial charge >= 0.3 is 11.4 Å². The molecule has 0 saturated carbocycles. The van der Waals surface area contributed by atoms with Gasteiger partial charge in [-0.05, 0) is 11.1 Å². The molecule has 0 bridgehead atoms. The number of nitrogens with zero attached hydrogens (tertiary/aromatic N) is 2. The molecule has 0 aromatic heterocycles. The van der Waals surface area contributed by atoms with Gasteiger partial charge in [0.05, 0.1) is 21.8 Å². The number of hydrogen-bond acceptors (Lipinski definition) is 6. The van der Waals surface area contributed by atoms with E-state index in [2.05, 4.69) is 6.42 Å². The van der Waals surface area contributed by atoms with Crippen molar-refractivity contribution >= 4 is 11.4 Å². The fraction of sp³-hybridized carbons (Fsp3) is 0. The molecule has 0 amide bonds. The van der Waals surface area contributed by atoms with Gasteiger partial charge in [0.25, 0.3) is 0 Å². The number of phenols is 2. The summed E-state index contributed by atoms with van der Waals surface area (Å²) in [7, 11) is 0. The molecular weight excluding hydrogens is 280 g/mol. The van der Waals surface area contributed by atoms with E-state index in [9.17, 15) is 30.4 Å². The van der Waals surface area contributed by atoms with E-state index in [1.54, 1.807) is 24.3 Å². The van der Waals surface area contributed by atoms with Crippen LogP contribution in [0.5, 0.6) is 11.5 Å². The van der Waals surface area contributed by atoms with Crippen LogP contribution in [0.2, 0.25) is 0 Å². The molecule has 2 aromatic carbocycles. The second-order valence-corrected chi connectivity index (χ2v) is 4.33. The molecule has 0 heterocycles. The minimum absolute atomic E-state index is 0.0274. The molecule has 0 spiro atoms. The molecule has 3 rings (SSSR count). The lowest BCUT2D eigenvalue weighted by molar-refractivity contribution is -0.423. The van der Waals surface area contributed by atoms with Crippen LogP contribution >= 0.6 is 0 Å². The SMILES string of the molecule is O=[N+]([O-])c1c(O)c(O)c2c(c1[N+](=O)[O-])[C]c1ccccc1-2. The van der Waals surface area contributed by atoms with Crippen molar-refractivity contribution in [2.75, 3.05) is 0 Å². The molecule has 8 heteroatoms. The summed E-state index contributed by atoms with van der Waals surface area (Å²) in [6.07, 6.45) is 2.67. The highest BCUT2D eigenvalue weighted by Gasteiger charge is 2.42. The van der Waals surface area contributed by atoms with E-state index in [1.165, 1.54) is 0 Å². The van der Waals surface area contributed by atoms with E-state index in [1.807, 2.05) is 0 Å². The molecule has 0 aliphatic heterocycles. The lowest BCUT2D eigenvalue weighted by atomic mass is 10.0. The maximum Gasteiger partial charge on any atom is 0.391 e. The van der Waals surface area contributed by atoms with Gasteiger partial charge < -0.3 is 10.2 Å². The van der Waals surface area contributed by atoms with E-state index >= 15 is 0 Å². The Morgan fingerprint density at radius 1 is 0.952 bits per heavy atom.